The van der Waals surface area contributed by atoms with Crippen LogP contribution in [0.5, 0.6) is 5.75 Å². The van der Waals surface area contributed by atoms with E-state index >= 15 is 0 Å². The van der Waals surface area contributed by atoms with Crippen LogP contribution in [0.25, 0.3) is 0 Å². The summed E-state index contributed by atoms with van der Waals surface area (Å²) < 4.78 is 5.62. The second kappa shape index (κ2) is 8.13. The molecule has 0 amide bonds. The van der Waals surface area contributed by atoms with E-state index in [0.717, 1.165) is 31.7 Å². The van der Waals surface area contributed by atoms with E-state index in [4.69, 9.17) is 9.84 Å². The number of aliphatic hydroxyl groups is 1. The van der Waals surface area contributed by atoms with Crippen molar-refractivity contribution in [3.05, 3.63) is 29.8 Å². The predicted octanol–water partition coefficient (Wildman–Crippen LogP) is 1.95. The van der Waals surface area contributed by atoms with Gasteiger partial charge in [0.05, 0.1) is 13.2 Å². The maximum absolute atomic E-state index is 8.65. The average Bonchev–Trinajstić information content (AvgIpc) is 2.30. The number of hydrogen-bond donors (Lipinski definition) is 2. The van der Waals surface area contributed by atoms with Crippen LogP contribution in [0.3, 0.4) is 0 Å². The highest BCUT2D eigenvalue weighted by Crippen LogP contribution is 2.13. The molecule has 1 aromatic carbocycles. The molecule has 0 aromatic heterocycles. The number of unbranched alkanes of at least 4 members (excludes halogenated alkanes) is 1. The Hall–Kier alpha value is -1.06. The van der Waals surface area contributed by atoms with Crippen LogP contribution in [0.1, 0.15) is 25.3 Å². The SMILES string of the molecule is CCCCOc1cccc(CNCCO)c1. The summed E-state index contributed by atoms with van der Waals surface area (Å²) >= 11 is 0. The molecule has 0 aliphatic rings. The second-order valence-corrected chi connectivity index (χ2v) is 3.75. The van der Waals surface area contributed by atoms with E-state index < -0.39 is 0 Å². The highest BCUT2D eigenvalue weighted by atomic mass is 16.5. The van der Waals surface area contributed by atoms with Crippen LogP contribution in [0.2, 0.25) is 0 Å². The summed E-state index contributed by atoms with van der Waals surface area (Å²) in [4.78, 5) is 0. The summed E-state index contributed by atoms with van der Waals surface area (Å²) in [7, 11) is 0. The van der Waals surface area contributed by atoms with Gasteiger partial charge in [-0.15, -0.1) is 0 Å². The molecule has 2 N–H and O–H groups in total. The zero-order valence-electron chi connectivity index (χ0n) is 9.91. The lowest BCUT2D eigenvalue weighted by molar-refractivity contribution is 0.291. The summed E-state index contributed by atoms with van der Waals surface area (Å²) in [5.41, 5.74) is 1.18. The lowest BCUT2D eigenvalue weighted by Crippen LogP contribution is -2.17. The van der Waals surface area contributed by atoms with Crippen molar-refractivity contribution < 1.29 is 9.84 Å². The molecule has 0 aliphatic carbocycles. The first kappa shape index (κ1) is 13.0. The van der Waals surface area contributed by atoms with Crippen LogP contribution >= 0.6 is 0 Å². The quantitative estimate of drug-likeness (QED) is 0.662. The van der Waals surface area contributed by atoms with E-state index in [9.17, 15) is 0 Å². The van der Waals surface area contributed by atoms with Crippen molar-refractivity contribution >= 4 is 0 Å². The number of hydrogen-bond acceptors (Lipinski definition) is 3. The molecule has 0 atom stereocenters. The summed E-state index contributed by atoms with van der Waals surface area (Å²) in [5, 5.41) is 11.8. The zero-order chi connectivity index (χ0) is 11.6. The van der Waals surface area contributed by atoms with E-state index in [-0.39, 0.29) is 6.61 Å². The van der Waals surface area contributed by atoms with Gasteiger partial charge in [-0.25, -0.2) is 0 Å². The number of nitrogens with one attached hydrogen (secondary N) is 1. The minimum Gasteiger partial charge on any atom is -0.494 e. The summed E-state index contributed by atoms with van der Waals surface area (Å²) in [6.45, 7) is 4.50. The molecule has 0 bridgehead atoms. The minimum absolute atomic E-state index is 0.173. The van der Waals surface area contributed by atoms with E-state index in [2.05, 4.69) is 18.3 Å². The number of aliphatic hydroxyl groups excluding tert-OH is 1. The van der Waals surface area contributed by atoms with Gasteiger partial charge >= 0.3 is 0 Å². The van der Waals surface area contributed by atoms with Gasteiger partial charge in [0.1, 0.15) is 5.75 Å². The Bertz CT molecular complexity index is 264. The molecule has 0 saturated carbocycles. The van der Waals surface area contributed by atoms with Gasteiger partial charge < -0.3 is 15.2 Å². The maximum atomic E-state index is 8.65. The third-order valence-corrected chi connectivity index (χ3v) is 2.28. The van der Waals surface area contributed by atoms with Crippen LogP contribution < -0.4 is 10.1 Å². The molecule has 0 radical (unpaired) electrons. The largest absolute Gasteiger partial charge is 0.494 e. The van der Waals surface area contributed by atoms with Gasteiger partial charge in [0.15, 0.2) is 0 Å². The van der Waals surface area contributed by atoms with Crippen LogP contribution in [0.15, 0.2) is 24.3 Å². The molecular weight excluding hydrogens is 202 g/mol. The Morgan fingerprint density at radius 3 is 3.00 bits per heavy atom. The van der Waals surface area contributed by atoms with Gasteiger partial charge in [0, 0.05) is 13.1 Å². The average molecular weight is 223 g/mol. The molecule has 90 valence electrons. The Labute approximate surface area is 97.4 Å². The fourth-order valence-corrected chi connectivity index (χ4v) is 1.39. The van der Waals surface area contributed by atoms with Crippen molar-refractivity contribution in [2.75, 3.05) is 19.8 Å². The van der Waals surface area contributed by atoms with E-state index in [1.54, 1.807) is 0 Å². The van der Waals surface area contributed by atoms with Gasteiger partial charge in [0.25, 0.3) is 0 Å². The standard InChI is InChI=1S/C13H21NO2/c1-2-3-9-16-13-6-4-5-12(10-13)11-14-7-8-15/h4-6,10,14-15H,2-3,7-9,11H2,1H3. The fourth-order valence-electron chi connectivity index (χ4n) is 1.39. The Morgan fingerprint density at radius 2 is 2.25 bits per heavy atom. The first-order valence-corrected chi connectivity index (χ1v) is 5.90. The molecule has 3 heteroatoms. The molecule has 16 heavy (non-hydrogen) atoms. The predicted molar refractivity (Wildman–Crippen MR) is 65.6 cm³/mol. The normalized spacial score (nSPS) is 10.4. The second-order valence-electron chi connectivity index (χ2n) is 3.75. The molecule has 1 aromatic rings. The van der Waals surface area contributed by atoms with Crippen molar-refractivity contribution in [2.45, 2.75) is 26.3 Å². The van der Waals surface area contributed by atoms with Crippen LogP contribution in [-0.2, 0) is 6.54 Å². The molecular formula is C13H21NO2. The molecule has 0 heterocycles. The van der Waals surface area contributed by atoms with Crippen LogP contribution in [0, 0.1) is 0 Å². The number of rotatable bonds is 8. The van der Waals surface area contributed by atoms with Gasteiger partial charge in [-0.1, -0.05) is 25.5 Å². The molecule has 0 spiro atoms. The van der Waals surface area contributed by atoms with Gasteiger partial charge in [-0.05, 0) is 24.1 Å². The van der Waals surface area contributed by atoms with E-state index in [1.807, 2.05) is 18.2 Å². The third kappa shape index (κ3) is 5.14. The van der Waals surface area contributed by atoms with Crippen molar-refractivity contribution in [1.82, 2.24) is 5.32 Å². The topological polar surface area (TPSA) is 41.5 Å². The Balaban J connectivity index is 2.37. The maximum Gasteiger partial charge on any atom is 0.119 e. The summed E-state index contributed by atoms with van der Waals surface area (Å²) in [6, 6.07) is 8.07. The molecule has 0 fully saturated rings. The van der Waals surface area contributed by atoms with Crippen molar-refractivity contribution in [3.63, 3.8) is 0 Å². The minimum atomic E-state index is 0.173. The van der Waals surface area contributed by atoms with Crippen LogP contribution in [-0.4, -0.2) is 24.9 Å². The zero-order valence-corrected chi connectivity index (χ0v) is 9.91. The molecule has 3 nitrogen and oxygen atoms in total. The lowest BCUT2D eigenvalue weighted by atomic mass is 10.2. The first-order valence-electron chi connectivity index (χ1n) is 5.90. The highest BCUT2D eigenvalue weighted by molar-refractivity contribution is 5.28. The summed E-state index contributed by atoms with van der Waals surface area (Å²) in [6.07, 6.45) is 2.24. The number of benzene rings is 1. The van der Waals surface area contributed by atoms with Crippen molar-refractivity contribution in [3.8, 4) is 5.75 Å². The highest BCUT2D eigenvalue weighted by Gasteiger charge is 1.96. The monoisotopic (exact) mass is 223 g/mol. The summed E-state index contributed by atoms with van der Waals surface area (Å²) in [5.74, 6) is 0.928. The Morgan fingerprint density at radius 1 is 1.38 bits per heavy atom. The molecule has 1 rings (SSSR count). The smallest absolute Gasteiger partial charge is 0.119 e. The van der Waals surface area contributed by atoms with Crippen molar-refractivity contribution in [2.24, 2.45) is 0 Å². The fraction of sp³-hybridized carbons (Fsp3) is 0.538. The lowest BCUT2D eigenvalue weighted by Gasteiger charge is -2.08. The molecule has 0 unspecified atom stereocenters. The Kier molecular flexibility index (Phi) is 6.61. The van der Waals surface area contributed by atoms with E-state index in [1.165, 1.54) is 5.56 Å². The van der Waals surface area contributed by atoms with Gasteiger partial charge in [-0.3, -0.25) is 0 Å². The third-order valence-electron chi connectivity index (χ3n) is 2.28. The van der Waals surface area contributed by atoms with Crippen LogP contribution in [0.4, 0.5) is 0 Å². The van der Waals surface area contributed by atoms with Gasteiger partial charge in [-0.2, -0.15) is 0 Å². The molecule has 0 aliphatic heterocycles. The number of ether oxygens (including phenoxy) is 1. The van der Waals surface area contributed by atoms with Gasteiger partial charge in [0.2, 0.25) is 0 Å². The van der Waals surface area contributed by atoms with E-state index in [0.29, 0.717) is 6.54 Å². The molecule has 0 saturated heterocycles. The first-order chi connectivity index (χ1) is 7.86. The van der Waals surface area contributed by atoms with Crippen molar-refractivity contribution in [1.29, 1.82) is 0 Å².